The molecule has 1 saturated heterocycles. The Kier molecular flexibility index (Phi) is 15.1. The molecule has 2 aliphatic heterocycles. The smallest absolute Gasteiger partial charge is 0.415 e. The molecular weight excluding hydrogens is 823 g/mol. The van der Waals surface area contributed by atoms with E-state index < -0.39 is 41.3 Å². The number of carboxylic acid groups (broad SMARTS) is 1. The van der Waals surface area contributed by atoms with Gasteiger partial charge in [-0.2, -0.15) is 0 Å². The highest BCUT2D eigenvalue weighted by Crippen LogP contribution is 2.39. The molecule has 2 aromatic rings. The third-order valence-corrected chi connectivity index (χ3v) is 12.3. The van der Waals surface area contributed by atoms with E-state index in [4.69, 9.17) is 19.0 Å². The number of hydrogen-bond acceptors (Lipinski definition) is 16. The number of rotatable bonds is 19. The maximum absolute atomic E-state index is 13.6. The summed E-state index contributed by atoms with van der Waals surface area (Å²) in [5.41, 5.74) is 1.04. The van der Waals surface area contributed by atoms with E-state index in [1.54, 1.807) is 59.9 Å². The normalized spacial score (nSPS) is 17.2. The Morgan fingerprint density at radius 3 is 2.23 bits per heavy atom. The molecule has 0 saturated carbocycles. The van der Waals surface area contributed by atoms with Gasteiger partial charge in [-0.3, -0.25) is 29.0 Å². The van der Waals surface area contributed by atoms with Crippen molar-refractivity contribution in [3.8, 4) is 5.75 Å². The first kappa shape index (κ1) is 45.8. The number of fused-ring (bicyclic) bond motifs is 1. The van der Waals surface area contributed by atoms with Gasteiger partial charge in [0.15, 0.2) is 17.6 Å². The largest absolute Gasteiger partial charge is 0.480 e. The second-order valence-electron chi connectivity index (χ2n) is 14.9. The van der Waals surface area contributed by atoms with Gasteiger partial charge in [-0.1, -0.05) is 13.8 Å². The molecule has 5 rings (SSSR count). The third-order valence-electron chi connectivity index (χ3n) is 10.1. The van der Waals surface area contributed by atoms with Crippen molar-refractivity contribution in [2.75, 3.05) is 58.9 Å². The number of thiazole rings is 1. The van der Waals surface area contributed by atoms with E-state index in [0.717, 1.165) is 0 Å². The zero-order chi connectivity index (χ0) is 43.9. The summed E-state index contributed by atoms with van der Waals surface area (Å²) in [5.74, 6) is -3.20. The number of aliphatic imine (C=N–C) groups is 1. The molecule has 4 amide bonds. The van der Waals surface area contributed by atoms with Gasteiger partial charge in [0.25, 0.3) is 11.8 Å². The van der Waals surface area contributed by atoms with E-state index in [9.17, 15) is 43.5 Å². The van der Waals surface area contributed by atoms with Crippen molar-refractivity contribution in [3.05, 3.63) is 45.5 Å². The van der Waals surface area contributed by atoms with Crippen molar-refractivity contribution in [2.24, 2.45) is 10.4 Å². The van der Waals surface area contributed by atoms with Crippen molar-refractivity contribution in [1.29, 1.82) is 0 Å². The molecule has 1 N–H and O–H groups in total. The van der Waals surface area contributed by atoms with Crippen LogP contribution in [0.3, 0.4) is 0 Å². The van der Waals surface area contributed by atoms with Gasteiger partial charge in [0.1, 0.15) is 15.8 Å². The summed E-state index contributed by atoms with van der Waals surface area (Å²) in [5, 5.41) is 10.9. The van der Waals surface area contributed by atoms with Crippen LogP contribution in [0.1, 0.15) is 65.3 Å². The average molecular weight is 870 g/mol. The summed E-state index contributed by atoms with van der Waals surface area (Å²) >= 11 is 2.60. The van der Waals surface area contributed by atoms with Crippen molar-refractivity contribution in [2.45, 2.75) is 66.3 Å². The molecule has 1 aliphatic carbocycles. The minimum Gasteiger partial charge on any atom is -0.480 e. The van der Waals surface area contributed by atoms with E-state index >= 15 is 0 Å². The molecule has 0 bridgehead atoms. The van der Waals surface area contributed by atoms with Crippen molar-refractivity contribution in [3.63, 3.8) is 0 Å². The van der Waals surface area contributed by atoms with E-state index in [0.29, 0.717) is 53.4 Å². The number of aliphatic carboxylic acids is 1. The molecule has 3 aliphatic rings. The van der Waals surface area contributed by atoms with Crippen LogP contribution < -0.4 is 4.74 Å². The molecule has 1 atom stereocenters. The number of ether oxygens (including phenoxy) is 3. The lowest BCUT2D eigenvalue weighted by Crippen LogP contribution is -2.43. The number of likely N-dealkylation sites (N-methyl/N-ethyl adjacent to an activating group) is 1. The summed E-state index contributed by atoms with van der Waals surface area (Å²) in [7, 11) is 1.58. The molecule has 60 heavy (non-hydrogen) atoms. The zero-order valence-electron chi connectivity index (χ0n) is 34.2. The fourth-order valence-electron chi connectivity index (χ4n) is 6.50. The van der Waals surface area contributed by atoms with E-state index in [-0.39, 0.29) is 95.0 Å². The van der Waals surface area contributed by atoms with Crippen molar-refractivity contribution >= 4 is 85.7 Å². The Morgan fingerprint density at radius 1 is 0.900 bits per heavy atom. The number of nitrogens with zero attached hydrogens (tertiary/aromatic N) is 5. The van der Waals surface area contributed by atoms with Crippen LogP contribution in [-0.4, -0.2) is 142 Å². The topological polar surface area (TPSA) is 229 Å². The molecule has 0 radical (unpaired) electrons. The van der Waals surface area contributed by atoms with Crippen LogP contribution in [0.2, 0.25) is 0 Å². The number of hydrogen-bond donors (Lipinski definition) is 1. The molecule has 3 heterocycles. The second-order valence-corrected chi connectivity index (χ2v) is 16.9. The third kappa shape index (κ3) is 11.1. The van der Waals surface area contributed by atoms with Gasteiger partial charge in [0.2, 0.25) is 5.91 Å². The highest BCUT2D eigenvalue weighted by Gasteiger charge is 2.39. The Morgan fingerprint density at radius 2 is 1.57 bits per heavy atom. The number of hydroxylamine groups is 2. The highest BCUT2D eigenvalue weighted by atomic mass is 32.2. The van der Waals surface area contributed by atoms with Crippen LogP contribution in [0.25, 0.3) is 10.2 Å². The van der Waals surface area contributed by atoms with Gasteiger partial charge in [0.05, 0.1) is 43.1 Å². The van der Waals surface area contributed by atoms with Crippen LogP contribution in [0.4, 0.5) is 4.79 Å². The first-order valence-corrected chi connectivity index (χ1v) is 20.9. The van der Waals surface area contributed by atoms with Crippen LogP contribution in [0, 0.1) is 5.41 Å². The van der Waals surface area contributed by atoms with E-state index in [1.807, 2.05) is 0 Å². The lowest BCUT2D eigenvalue weighted by molar-refractivity contribution is -0.198. The monoisotopic (exact) mass is 869 g/mol. The second kappa shape index (κ2) is 19.8. The summed E-state index contributed by atoms with van der Waals surface area (Å²) in [6.07, 6.45) is -1.01. The zero-order valence-corrected chi connectivity index (χ0v) is 35.8. The Hall–Kier alpha value is -5.31. The van der Waals surface area contributed by atoms with Crippen molar-refractivity contribution < 1.29 is 62.5 Å². The summed E-state index contributed by atoms with van der Waals surface area (Å²) in [6.45, 7) is 8.70. The van der Waals surface area contributed by atoms with Crippen LogP contribution >= 0.6 is 23.1 Å². The number of allylic oxidation sites excluding steroid dienone is 4. The molecule has 20 heteroatoms. The number of carboxylic acids is 1. The Bertz CT molecular complexity index is 2180. The maximum Gasteiger partial charge on any atom is 0.415 e. The minimum atomic E-state index is -1.01. The number of benzene rings is 1. The van der Waals surface area contributed by atoms with E-state index in [2.05, 4.69) is 9.98 Å². The number of carbonyl (C=O) groups is 8. The number of imide groups is 1. The number of Topliss-reactive ketones (excluding diaryl/α,β-unsaturated/α-hetero) is 2. The highest BCUT2D eigenvalue weighted by molar-refractivity contribution is 8.15. The first-order valence-electron chi connectivity index (χ1n) is 19.1. The van der Waals surface area contributed by atoms with E-state index in [1.165, 1.54) is 32.9 Å². The fraction of sp³-hybridized carbons (Fsp3) is 0.500. The number of ketones is 2. The van der Waals surface area contributed by atoms with Gasteiger partial charge < -0.3 is 34.0 Å². The average Bonchev–Trinajstić information content (AvgIpc) is 3.94. The Labute approximate surface area is 353 Å². The lowest BCUT2D eigenvalue weighted by Gasteiger charge is -2.33. The number of thioether (sulfide) groups is 1. The predicted molar refractivity (Wildman–Crippen MR) is 218 cm³/mol. The molecule has 1 unspecified atom stereocenters. The van der Waals surface area contributed by atoms with Crippen molar-refractivity contribution in [1.82, 2.24) is 19.8 Å². The standard InChI is InChI=1S/C40H47N5O13S2/c1-22-23(2)35(51)33(24(3)34(22)50)40(4,5)20-31(48)43(6)12-13-44(14-16-56-18-17-55-15-11-32(49)58-45-29(46)9-10-30(45)47)39(54)57-25-7-8-26-28(19-25)60-37(41-26)36-42-27(21-59-36)38(52)53/h7-8,19,27H,9-18,20-21H2,1-6H3,(H,52,53). The van der Waals surface area contributed by atoms with Gasteiger partial charge in [-0.05, 0) is 32.9 Å². The molecule has 322 valence electrons. The lowest BCUT2D eigenvalue weighted by atomic mass is 9.71. The SMILES string of the molecule is CC1=C(C)C(=O)C(C(C)(C)CC(=O)N(C)CCN(CCOCCOCCC(=O)ON2C(=O)CCC2=O)C(=O)Oc2ccc3nc(C4=NC(C(=O)O)CS4)sc3c2)=C(C)C1=O. The number of aromatic nitrogens is 1. The fourth-order valence-corrected chi connectivity index (χ4v) is 8.59. The van der Waals surface area contributed by atoms with Gasteiger partial charge >= 0.3 is 18.0 Å². The first-order chi connectivity index (χ1) is 28.4. The molecular formula is C40H47N5O13S2. The van der Waals surface area contributed by atoms with Crippen LogP contribution in [0.5, 0.6) is 5.75 Å². The molecule has 1 fully saturated rings. The predicted octanol–water partition coefficient (Wildman–Crippen LogP) is 3.75. The summed E-state index contributed by atoms with van der Waals surface area (Å²) < 4.78 is 17.5. The molecule has 18 nitrogen and oxygen atoms in total. The summed E-state index contributed by atoms with van der Waals surface area (Å²) in [6, 6.07) is 4.07. The maximum atomic E-state index is 13.6. The molecule has 1 aromatic carbocycles. The van der Waals surface area contributed by atoms with Gasteiger partial charge in [-0.15, -0.1) is 28.2 Å². The summed E-state index contributed by atoms with van der Waals surface area (Å²) in [4.78, 5) is 116. The molecule has 1 aromatic heterocycles. The van der Waals surface area contributed by atoms with Gasteiger partial charge in [-0.25, -0.2) is 19.4 Å². The van der Waals surface area contributed by atoms with Gasteiger partial charge in [0, 0.05) is 85.5 Å². The number of carbonyl (C=O) groups excluding carboxylic acids is 7. The quantitative estimate of drug-likeness (QED) is 0.120. The number of amides is 4. The minimum absolute atomic E-state index is 0.00974. The van der Waals surface area contributed by atoms with Crippen LogP contribution in [0.15, 0.2) is 45.5 Å². The van der Waals surface area contributed by atoms with Crippen LogP contribution in [-0.2, 0) is 47.9 Å². The molecule has 0 spiro atoms. The Balaban J connectivity index is 1.18.